The SMILES string of the molecule is CCCNc1cc(N2CCC(C)CC2)nc(C(C)C)n1. The summed E-state index contributed by atoms with van der Waals surface area (Å²) in [6, 6.07) is 2.11. The largest absolute Gasteiger partial charge is 0.370 e. The summed E-state index contributed by atoms with van der Waals surface area (Å²) in [6.45, 7) is 12.0. The Morgan fingerprint density at radius 3 is 2.60 bits per heavy atom. The Bertz CT molecular complexity index is 422. The van der Waals surface area contributed by atoms with Gasteiger partial charge in [0.05, 0.1) is 0 Å². The van der Waals surface area contributed by atoms with Crippen molar-refractivity contribution in [1.82, 2.24) is 9.97 Å². The Labute approximate surface area is 123 Å². The Kier molecular flexibility index (Phi) is 5.21. The van der Waals surface area contributed by atoms with Gasteiger partial charge in [-0.15, -0.1) is 0 Å². The van der Waals surface area contributed by atoms with Crippen LogP contribution in [0.5, 0.6) is 0 Å². The lowest BCUT2D eigenvalue weighted by atomic mass is 9.99. The number of nitrogens with zero attached hydrogens (tertiary/aromatic N) is 3. The highest BCUT2D eigenvalue weighted by atomic mass is 15.2. The summed E-state index contributed by atoms with van der Waals surface area (Å²) in [4.78, 5) is 11.8. The maximum absolute atomic E-state index is 4.76. The van der Waals surface area contributed by atoms with E-state index in [1.54, 1.807) is 0 Å². The summed E-state index contributed by atoms with van der Waals surface area (Å²) in [7, 11) is 0. The molecule has 0 unspecified atom stereocenters. The van der Waals surface area contributed by atoms with Crippen LogP contribution in [0.2, 0.25) is 0 Å². The molecule has 0 aromatic carbocycles. The van der Waals surface area contributed by atoms with Crippen LogP contribution in [0.15, 0.2) is 6.07 Å². The van der Waals surface area contributed by atoms with E-state index in [0.29, 0.717) is 5.92 Å². The van der Waals surface area contributed by atoms with Gasteiger partial charge in [-0.3, -0.25) is 0 Å². The third-order valence-corrected chi connectivity index (χ3v) is 3.91. The van der Waals surface area contributed by atoms with E-state index in [1.165, 1.54) is 12.8 Å². The molecule has 0 saturated carbocycles. The molecule has 0 bridgehead atoms. The van der Waals surface area contributed by atoms with Crippen molar-refractivity contribution in [3.8, 4) is 0 Å². The van der Waals surface area contributed by atoms with E-state index in [2.05, 4.69) is 49.0 Å². The van der Waals surface area contributed by atoms with Crippen LogP contribution in [0.3, 0.4) is 0 Å². The van der Waals surface area contributed by atoms with E-state index in [1.807, 2.05) is 0 Å². The lowest BCUT2D eigenvalue weighted by Crippen LogP contribution is -2.33. The van der Waals surface area contributed by atoms with Crippen LogP contribution in [0.1, 0.15) is 58.7 Å². The zero-order chi connectivity index (χ0) is 14.5. The minimum absolute atomic E-state index is 0.362. The maximum atomic E-state index is 4.76. The second-order valence-electron chi connectivity index (χ2n) is 6.22. The summed E-state index contributed by atoms with van der Waals surface area (Å²) in [5, 5.41) is 3.40. The molecule has 1 fully saturated rings. The van der Waals surface area contributed by atoms with Gasteiger partial charge in [-0.25, -0.2) is 9.97 Å². The topological polar surface area (TPSA) is 41.0 Å². The average Bonchev–Trinajstić information content (AvgIpc) is 2.45. The maximum Gasteiger partial charge on any atom is 0.135 e. The standard InChI is InChI=1S/C16H28N4/c1-5-8-17-14-11-15(19-16(18-14)12(2)3)20-9-6-13(4)7-10-20/h11-13H,5-10H2,1-4H3,(H,17,18,19). The van der Waals surface area contributed by atoms with Gasteiger partial charge < -0.3 is 10.2 Å². The molecule has 1 saturated heterocycles. The van der Waals surface area contributed by atoms with Crippen LogP contribution in [0.4, 0.5) is 11.6 Å². The van der Waals surface area contributed by atoms with Gasteiger partial charge in [0, 0.05) is 31.6 Å². The van der Waals surface area contributed by atoms with Crippen molar-refractivity contribution in [1.29, 1.82) is 0 Å². The molecule has 2 rings (SSSR count). The first-order chi connectivity index (χ1) is 9.60. The zero-order valence-electron chi connectivity index (χ0n) is 13.3. The second-order valence-corrected chi connectivity index (χ2v) is 6.22. The Morgan fingerprint density at radius 2 is 2.00 bits per heavy atom. The molecule has 1 aromatic rings. The van der Waals surface area contributed by atoms with Crippen molar-refractivity contribution in [3.05, 3.63) is 11.9 Å². The fourth-order valence-electron chi connectivity index (χ4n) is 2.45. The van der Waals surface area contributed by atoms with Crippen molar-refractivity contribution in [2.45, 2.75) is 52.9 Å². The third-order valence-electron chi connectivity index (χ3n) is 3.91. The molecule has 1 aliphatic heterocycles. The van der Waals surface area contributed by atoms with Crippen molar-refractivity contribution < 1.29 is 0 Å². The molecule has 4 heteroatoms. The van der Waals surface area contributed by atoms with E-state index in [9.17, 15) is 0 Å². The number of hydrogen-bond acceptors (Lipinski definition) is 4. The molecule has 4 nitrogen and oxygen atoms in total. The van der Waals surface area contributed by atoms with Gasteiger partial charge in [0.2, 0.25) is 0 Å². The van der Waals surface area contributed by atoms with Crippen molar-refractivity contribution in [2.24, 2.45) is 5.92 Å². The molecule has 112 valence electrons. The van der Waals surface area contributed by atoms with E-state index in [0.717, 1.165) is 49.4 Å². The summed E-state index contributed by atoms with van der Waals surface area (Å²) >= 11 is 0. The predicted octanol–water partition coefficient (Wildman–Crippen LogP) is 3.66. The van der Waals surface area contributed by atoms with Crippen LogP contribution >= 0.6 is 0 Å². The highest BCUT2D eigenvalue weighted by molar-refractivity contribution is 5.50. The van der Waals surface area contributed by atoms with Gasteiger partial charge >= 0.3 is 0 Å². The minimum atomic E-state index is 0.362. The van der Waals surface area contributed by atoms with Gasteiger partial charge in [-0.05, 0) is 25.2 Å². The molecule has 1 N–H and O–H groups in total. The fourth-order valence-corrected chi connectivity index (χ4v) is 2.45. The summed E-state index contributed by atoms with van der Waals surface area (Å²) < 4.78 is 0. The van der Waals surface area contributed by atoms with Crippen molar-refractivity contribution >= 4 is 11.6 Å². The number of aromatic nitrogens is 2. The Balaban J connectivity index is 2.19. The smallest absolute Gasteiger partial charge is 0.135 e. The van der Waals surface area contributed by atoms with Crippen LogP contribution in [0.25, 0.3) is 0 Å². The molecule has 0 radical (unpaired) electrons. The normalized spacial score (nSPS) is 16.8. The molecule has 20 heavy (non-hydrogen) atoms. The van der Waals surface area contributed by atoms with Crippen LogP contribution in [-0.2, 0) is 0 Å². The lowest BCUT2D eigenvalue weighted by Gasteiger charge is -2.31. The monoisotopic (exact) mass is 276 g/mol. The van der Waals surface area contributed by atoms with Gasteiger partial charge in [0.1, 0.15) is 17.5 Å². The van der Waals surface area contributed by atoms with Crippen LogP contribution in [0, 0.1) is 5.92 Å². The van der Waals surface area contributed by atoms with E-state index >= 15 is 0 Å². The minimum Gasteiger partial charge on any atom is -0.370 e. The Morgan fingerprint density at radius 1 is 1.30 bits per heavy atom. The molecule has 0 spiro atoms. The molecule has 1 aliphatic rings. The fraction of sp³-hybridized carbons (Fsp3) is 0.750. The molecule has 0 atom stereocenters. The van der Waals surface area contributed by atoms with Gasteiger partial charge in [-0.2, -0.15) is 0 Å². The number of rotatable bonds is 5. The summed E-state index contributed by atoms with van der Waals surface area (Å²) in [5.74, 6) is 4.21. The molecule has 0 amide bonds. The Hall–Kier alpha value is -1.32. The molecule has 2 heterocycles. The third kappa shape index (κ3) is 3.84. The number of nitrogens with one attached hydrogen (secondary N) is 1. The van der Waals surface area contributed by atoms with Gasteiger partial charge in [0.25, 0.3) is 0 Å². The van der Waals surface area contributed by atoms with Crippen molar-refractivity contribution in [2.75, 3.05) is 29.9 Å². The number of hydrogen-bond donors (Lipinski definition) is 1. The van der Waals surface area contributed by atoms with Crippen LogP contribution < -0.4 is 10.2 Å². The highest BCUT2D eigenvalue weighted by Crippen LogP contribution is 2.24. The first kappa shape index (κ1) is 15.1. The molecule has 0 aliphatic carbocycles. The van der Waals surface area contributed by atoms with Gasteiger partial charge in [-0.1, -0.05) is 27.7 Å². The summed E-state index contributed by atoms with van der Waals surface area (Å²) in [5.41, 5.74) is 0. The average molecular weight is 276 g/mol. The van der Waals surface area contributed by atoms with E-state index in [4.69, 9.17) is 4.98 Å². The lowest BCUT2D eigenvalue weighted by molar-refractivity contribution is 0.436. The van der Waals surface area contributed by atoms with E-state index in [-0.39, 0.29) is 0 Å². The van der Waals surface area contributed by atoms with E-state index < -0.39 is 0 Å². The molecular formula is C16H28N4. The first-order valence-corrected chi connectivity index (χ1v) is 7.98. The van der Waals surface area contributed by atoms with Gasteiger partial charge in [0.15, 0.2) is 0 Å². The highest BCUT2D eigenvalue weighted by Gasteiger charge is 2.19. The summed E-state index contributed by atoms with van der Waals surface area (Å²) in [6.07, 6.45) is 3.63. The quantitative estimate of drug-likeness (QED) is 0.891. The molecular weight excluding hydrogens is 248 g/mol. The number of anilines is 2. The number of piperidine rings is 1. The predicted molar refractivity (Wildman–Crippen MR) is 85.5 cm³/mol. The second kappa shape index (κ2) is 6.91. The molecule has 1 aromatic heterocycles. The zero-order valence-corrected chi connectivity index (χ0v) is 13.3. The van der Waals surface area contributed by atoms with Crippen molar-refractivity contribution in [3.63, 3.8) is 0 Å². The van der Waals surface area contributed by atoms with Crippen LogP contribution in [-0.4, -0.2) is 29.6 Å². The first-order valence-electron chi connectivity index (χ1n) is 7.98.